The van der Waals surface area contributed by atoms with Crippen LogP contribution in [-0.2, 0) is 16.0 Å². The molecule has 25 heavy (non-hydrogen) atoms. The van der Waals surface area contributed by atoms with Crippen molar-refractivity contribution in [1.82, 2.24) is 19.6 Å². The molecule has 0 radical (unpaired) electrons. The van der Waals surface area contributed by atoms with Crippen molar-refractivity contribution < 1.29 is 9.53 Å². The van der Waals surface area contributed by atoms with Crippen LogP contribution in [0.4, 0.5) is 0 Å². The molecule has 0 saturated heterocycles. The molecule has 1 aromatic carbocycles. The van der Waals surface area contributed by atoms with Gasteiger partial charge in [-0.3, -0.25) is 9.59 Å². The van der Waals surface area contributed by atoms with Gasteiger partial charge in [0.25, 0.3) is 5.56 Å². The third-order valence-corrected chi connectivity index (χ3v) is 3.95. The van der Waals surface area contributed by atoms with Gasteiger partial charge in [0, 0.05) is 5.56 Å². The first-order valence-corrected chi connectivity index (χ1v) is 8.22. The van der Waals surface area contributed by atoms with E-state index in [1.54, 1.807) is 6.92 Å². The van der Waals surface area contributed by atoms with E-state index in [0.717, 1.165) is 16.8 Å². The summed E-state index contributed by atoms with van der Waals surface area (Å²) in [6, 6.07) is 7.50. The van der Waals surface area contributed by atoms with Crippen LogP contribution in [0.3, 0.4) is 0 Å². The predicted octanol–water partition coefficient (Wildman–Crippen LogP) is 2.31. The van der Waals surface area contributed by atoms with E-state index in [1.807, 2.05) is 38.1 Å². The first kappa shape index (κ1) is 16.9. The number of esters is 1. The Labute approximate surface area is 144 Å². The molecule has 130 valence electrons. The smallest absolute Gasteiger partial charge is 0.310 e. The molecule has 3 rings (SSSR count). The minimum Gasteiger partial charge on any atom is -0.466 e. The summed E-state index contributed by atoms with van der Waals surface area (Å²) in [6.45, 7) is 6.08. The number of carbonyl (C=O) groups is 1. The second kappa shape index (κ2) is 6.88. The Kier molecular flexibility index (Phi) is 4.65. The number of hydrogen-bond donors (Lipinski definition) is 1. The molecule has 2 aromatic heterocycles. The number of nitrogens with zero attached hydrogens (tertiary/aromatic N) is 3. The van der Waals surface area contributed by atoms with Crippen molar-refractivity contribution in [2.24, 2.45) is 0 Å². The molecular formula is C18H20N4O3. The zero-order chi connectivity index (χ0) is 18.0. The lowest BCUT2D eigenvalue weighted by molar-refractivity contribution is -0.142. The van der Waals surface area contributed by atoms with E-state index in [0.29, 0.717) is 17.9 Å². The van der Waals surface area contributed by atoms with Crippen LogP contribution >= 0.6 is 0 Å². The predicted molar refractivity (Wildman–Crippen MR) is 93.5 cm³/mol. The number of fused-ring (bicyclic) bond motifs is 1. The van der Waals surface area contributed by atoms with Gasteiger partial charge in [0.15, 0.2) is 0 Å². The number of rotatable bonds is 5. The standard InChI is InChI=1S/C18H20N4O3/c1-4-25-14(23)9-12-5-7-13(8-6-12)16-15(11(2)3)17(24)22-18(21-16)19-10-20-22/h5-8,10-11H,4,9H2,1-3H3,(H,19,20,21). The highest BCUT2D eigenvalue weighted by Crippen LogP contribution is 2.25. The molecule has 7 heteroatoms. The van der Waals surface area contributed by atoms with Crippen LogP contribution < -0.4 is 5.56 Å². The lowest BCUT2D eigenvalue weighted by Gasteiger charge is -2.13. The van der Waals surface area contributed by atoms with Gasteiger partial charge in [-0.05, 0) is 24.0 Å². The lowest BCUT2D eigenvalue weighted by Crippen LogP contribution is -2.22. The third kappa shape index (κ3) is 3.31. The van der Waals surface area contributed by atoms with Crippen molar-refractivity contribution in [1.29, 1.82) is 0 Å². The van der Waals surface area contributed by atoms with E-state index in [9.17, 15) is 9.59 Å². The fraction of sp³-hybridized carbons (Fsp3) is 0.333. The van der Waals surface area contributed by atoms with E-state index in [-0.39, 0.29) is 23.9 Å². The number of aromatic nitrogens is 4. The molecule has 1 N–H and O–H groups in total. The monoisotopic (exact) mass is 340 g/mol. The van der Waals surface area contributed by atoms with E-state index in [4.69, 9.17) is 4.74 Å². The molecule has 0 aliphatic carbocycles. The first-order valence-electron chi connectivity index (χ1n) is 8.22. The highest BCUT2D eigenvalue weighted by molar-refractivity contribution is 5.73. The normalized spacial score (nSPS) is 11.2. The number of hydrogen-bond acceptors (Lipinski definition) is 5. The van der Waals surface area contributed by atoms with Gasteiger partial charge in [-0.25, -0.2) is 0 Å². The molecule has 0 unspecified atom stereocenters. The largest absolute Gasteiger partial charge is 0.466 e. The lowest BCUT2D eigenvalue weighted by atomic mass is 9.97. The topological polar surface area (TPSA) is 89.3 Å². The van der Waals surface area contributed by atoms with Gasteiger partial charge >= 0.3 is 5.97 Å². The quantitative estimate of drug-likeness (QED) is 0.720. The van der Waals surface area contributed by atoms with Crippen molar-refractivity contribution in [3.05, 3.63) is 52.1 Å². The zero-order valence-electron chi connectivity index (χ0n) is 14.4. The molecule has 0 spiro atoms. The molecule has 0 bridgehead atoms. The summed E-state index contributed by atoms with van der Waals surface area (Å²) in [5, 5.41) is 3.97. The summed E-state index contributed by atoms with van der Waals surface area (Å²) in [5.74, 6) is 0.169. The number of H-pyrrole nitrogens is 1. The Morgan fingerprint density at radius 1 is 1.28 bits per heavy atom. The average Bonchev–Trinajstić information content (AvgIpc) is 3.04. The van der Waals surface area contributed by atoms with Crippen LogP contribution in [0.2, 0.25) is 0 Å². The Bertz CT molecular complexity index is 955. The summed E-state index contributed by atoms with van der Waals surface area (Å²) in [6.07, 6.45) is 1.58. The molecule has 0 aliphatic heterocycles. The van der Waals surface area contributed by atoms with E-state index >= 15 is 0 Å². The van der Waals surface area contributed by atoms with Crippen LogP contribution in [0.25, 0.3) is 17.0 Å². The van der Waals surface area contributed by atoms with Crippen LogP contribution in [0.5, 0.6) is 0 Å². The SMILES string of the molecule is CCOC(=O)Cc1ccc(-c2[nH]c3ncnn3c(=O)c2C(C)C)cc1. The molecule has 7 nitrogen and oxygen atoms in total. The van der Waals surface area contributed by atoms with Crippen LogP contribution in [0.1, 0.15) is 37.8 Å². The number of aromatic amines is 1. The van der Waals surface area contributed by atoms with Crippen molar-refractivity contribution >= 4 is 11.7 Å². The van der Waals surface area contributed by atoms with Crippen molar-refractivity contribution in [3.63, 3.8) is 0 Å². The fourth-order valence-electron chi connectivity index (χ4n) is 2.81. The van der Waals surface area contributed by atoms with Crippen molar-refractivity contribution in [2.75, 3.05) is 6.61 Å². The minimum absolute atomic E-state index is 0.0200. The Morgan fingerprint density at radius 3 is 2.64 bits per heavy atom. The highest BCUT2D eigenvalue weighted by Gasteiger charge is 2.17. The van der Waals surface area contributed by atoms with E-state index in [2.05, 4.69) is 15.1 Å². The molecule has 3 aromatic rings. The number of ether oxygens (including phenoxy) is 1. The third-order valence-electron chi connectivity index (χ3n) is 3.95. The van der Waals surface area contributed by atoms with Crippen LogP contribution in [0, 0.1) is 0 Å². The van der Waals surface area contributed by atoms with Gasteiger partial charge in [-0.2, -0.15) is 14.6 Å². The molecular weight excluding hydrogens is 320 g/mol. The number of carbonyl (C=O) groups excluding carboxylic acids is 1. The second-order valence-corrected chi connectivity index (χ2v) is 6.05. The van der Waals surface area contributed by atoms with Gasteiger partial charge in [0.05, 0.1) is 18.7 Å². The molecule has 0 atom stereocenters. The van der Waals surface area contributed by atoms with E-state index < -0.39 is 0 Å². The minimum atomic E-state index is -0.253. The maximum atomic E-state index is 12.7. The Balaban J connectivity index is 2.02. The maximum absolute atomic E-state index is 12.7. The number of benzene rings is 1. The van der Waals surface area contributed by atoms with Crippen LogP contribution in [0.15, 0.2) is 35.4 Å². The summed E-state index contributed by atoms with van der Waals surface area (Å²) >= 11 is 0. The molecule has 2 heterocycles. The summed E-state index contributed by atoms with van der Waals surface area (Å²) < 4.78 is 6.23. The Hall–Kier alpha value is -2.96. The van der Waals surface area contributed by atoms with Crippen molar-refractivity contribution in [2.45, 2.75) is 33.1 Å². The average molecular weight is 340 g/mol. The van der Waals surface area contributed by atoms with Gasteiger partial charge in [-0.15, -0.1) is 0 Å². The molecule has 0 aliphatic rings. The summed E-state index contributed by atoms with van der Waals surface area (Å²) in [7, 11) is 0. The highest BCUT2D eigenvalue weighted by atomic mass is 16.5. The van der Waals surface area contributed by atoms with E-state index in [1.165, 1.54) is 10.8 Å². The maximum Gasteiger partial charge on any atom is 0.310 e. The Morgan fingerprint density at radius 2 is 2.00 bits per heavy atom. The number of nitrogens with one attached hydrogen (secondary N) is 1. The molecule has 0 amide bonds. The van der Waals surface area contributed by atoms with Gasteiger partial charge < -0.3 is 9.72 Å². The fourth-order valence-corrected chi connectivity index (χ4v) is 2.81. The van der Waals surface area contributed by atoms with Crippen molar-refractivity contribution in [3.8, 4) is 11.3 Å². The summed E-state index contributed by atoms with van der Waals surface area (Å²) in [4.78, 5) is 31.5. The zero-order valence-corrected chi connectivity index (χ0v) is 14.4. The van der Waals surface area contributed by atoms with Gasteiger partial charge in [0.1, 0.15) is 6.33 Å². The van der Waals surface area contributed by atoms with Gasteiger partial charge in [-0.1, -0.05) is 38.1 Å². The first-order chi connectivity index (χ1) is 12.0. The second-order valence-electron chi connectivity index (χ2n) is 6.05. The van der Waals surface area contributed by atoms with Crippen LogP contribution in [-0.4, -0.2) is 32.2 Å². The molecule has 0 saturated carbocycles. The molecule has 0 fully saturated rings. The van der Waals surface area contributed by atoms with Gasteiger partial charge in [0.2, 0.25) is 5.78 Å². The summed E-state index contributed by atoms with van der Waals surface area (Å²) in [5.41, 5.74) is 2.92.